The molecule has 1 aliphatic rings. The fraction of sp³-hybridized carbons (Fsp3) is 0.0870. The van der Waals surface area contributed by atoms with Crippen molar-refractivity contribution in [3.63, 3.8) is 0 Å². The number of carbonyl (C=O) groups excluding carboxylic acids is 2. The van der Waals surface area contributed by atoms with Crippen molar-refractivity contribution in [1.29, 1.82) is 0 Å². The number of aromatic nitrogens is 2. The highest BCUT2D eigenvalue weighted by atomic mass is 32.2. The van der Waals surface area contributed by atoms with Crippen molar-refractivity contribution in [3.05, 3.63) is 64.5 Å². The van der Waals surface area contributed by atoms with Crippen LogP contribution in [-0.2, 0) is 9.59 Å². The molecule has 0 radical (unpaired) electrons. The second-order valence-corrected chi connectivity index (χ2v) is 10.8. The van der Waals surface area contributed by atoms with Crippen LogP contribution in [0.2, 0.25) is 0 Å². The average molecular weight is 556 g/mol. The number of methoxy groups -OCH3 is 1. The fourth-order valence-corrected chi connectivity index (χ4v) is 5.79. The highest BCUT2D eigenvalue weighted by Crippen LogP contribution is 2.36. The van der Waals surface area contributed by atoms with Crippen LogP contribution in [0.15, 0.2) is 58.9 Å². The van der Waals surface area contributed by atoms with Gasteiger partial charge in [-0.3, -0.25) is 20.3 Å². The van der Waals surface area contributed by atoms with Gasteiger partial charge in [-0.15, -0.1) is 11.3 Å². The molecule has 182 valence electrons. The lowest BCUT2D eigenvalue weighted by Crippen LogP contribution is -2.33. The first-order chi connectivity index (χ1) is 17.5. The number of carbonyl (C=O) groups is 2. The summed E-state index contributed by atoms with van der Waals surface area (Å²) in [5.41, 5.74) is 4.59. The van der Waals surface area contributed by atoms with Gasteiger partial charge in [0.15, 0.2) is 27.6 Å². The zero-order valence-corrected chi connectivity index (χ0v) is 21.9. The summed E-state index contributed by atoms with van der Waals surface area (Å²) in [5, 5.41) is 6.82. The van der Waals surface area contributed by atoms with Gasteiger partial charge in [-0.2, -0.15) is 5.01 Å². The Labute approximate surface area is 223 Å². The van der Waals surface area contributed by atoms with E-state index in [4.69, 9.17) is 21.7 Å². The summed E-state index contributed by atoms with van der Waals surface area (Å²) in [5.74, 6) is 0.214. The van der Waals surface area contributed by atoms with Gasteiger partial charge in [0, 0.05) is 11.6 Å². The number of para-hydroxylation sites is 1. The molecule has 1 aliphatic heterocycles. The number of anilines is 2. The van der Waals surface area contributed by atoms with E-state index in [0.29, 0.717) is 36.6 Å². The predicted octanol–water partition coefficient (Wildman–Crippen LogP) is 5.01. The van der Waals surface area contributed by atoms with Crippen LogP contribution < -0.4 is 20.2 Å². The molecular formula is C23H17N5O4S4. The monoisotopic (exact) mass is 555 g/mol. The molecule has 3 heterocycles. The van der Waals surface area contributed by atoms with Crippen molar-refractivity contribution >= 4 is 89.3 Å². The zero-order chi connectivity index (χ0) is 25.1. The number of nitrogens with one attached hydrogen (secondary N) is 2. The van der Waals surface area contributed by atoms with E-state index in [1.54, 1.807) is 35.9 Å². The Morgan fingerprint density at radius 3 is 2.83 bits per heavy atom. The van der Waals surface area contributed by atoms with Crippen LogP contribution >= 0.6 is 46.7 Å². The van der Waals surface area contributed by atoms with Gasteiger partial charge in [-0.1, -0.05) is 41.3 Å². The van der Waals surface area contributed by atoms with E-state index in [-0.39, 0.29) is 18.4 Å². The van der Waals surface area contributed by atoms with E-state index in [9.17, 15) is 9.59 Å². The first kappa shape index (κ1) is 24.2. The summed E-state index contributed by atoms with van der Waals surface area (Å²) in [4.78, 5) is 34.1. The second kappa shape index (κ2) is 10.6. The van der Waals surface area contributed by atoms with E-state index >= 15 is 0 Å². The standard InChI is InChI=1S/C23H17N5O4S4/c1-31-16-10-13(6-7-15(16)32-12-19(29)26-21-24-8-9-34-21)11-18-20(30)28(23(33)36-18)27-22-25-14-4-2-3-5-17(14)35-22/h2-11H,12H2,1H3,(H,25,27)(H,24,26,29)/b18-11-. The minimum absolute atomic E-state index is 0.203. The van der Waals surface area contributed by atoms with Gasteiger partial charge in [-0.25, -0.2) is 9.97 Å². The summed E-state index contributed by atoms with van der Waals surface area (Å²) in [7, 11) is 1.50. The highest BCUT2D eigenvalue weighted by molar-refractivity contribution is 8.26. The molecule has 13 heteroatoms. The highest BCUT2D eigenvalue weighted by Gasteiger charge is 2.33. The third-order valence-corrected chi connectivity index (χ3v) is 7.75. The zero-order valence-electron chi connectivity index (χ0n) is 18.6. The summed E-state index contributed by atoms with van der Waals surface area (Å²) in [6.07, 6.45) is 3.33. The number of thiocarbonyl (C=S) groups is 1. The Morgan fingerprint density at radius 1 is 1.19 bits per heavy atom. The maximum absolute atomic E-state index is 13.0. The largest absolute Gasteiger partial charge is 0.493 e. The molecule has 0 bridgehead atoms. The van der Waals surface area contributed by atoms with Gasteiger partial charge >= 0.3 is 0 Å². The van der Waals surface area contributed by atoms with Crippen LogP contribution in [0, 0.1) is 0 Å². The molecule has 5 rings (SSSR count). The minimum atomic E-state index is -0.333. The molecule has 0 saturated carbocycles. The number of hydrogen-bond acceptors (Lipinski definition) is 11. The molecule has 0 spiro atoms. The van der Waals surface area contributed by atoms with Crippen molar-refractivity contribution in [3.8, 4) is 11.5 Å². The smallest absolute Gasteiger partial charge is 0.285 e. The van der Waals surface area contributed by atoms with Crippen molar-refractivity contribution < 1.29 is 19.1 Å². The minimum Gasteiger partial charge on any atom is -0.493 e. The van der Waals surface area contributed by atoms with Crippen molar-refractivity contribution in [2.24, 2.45) is 0 Å². The molecule has 0 unspecified atom stereocenters. The molecule has 1 fully saturated rings. The summed E-state index contributed by atoms with van der Waals surface area (Å²) >= 11 is 9.37. The molecule has 2 aromatic heterocycles. The number of amides is 2. The quantitative estimate of drug-likeness (QED) is 0.229. The lowest BCUT2D eigenvalue weighted by molar-refractivity contribution is -0.121. The van der Waals surface area contributed by atoms with Gasteiger partial charge in [0.1, 0.15) is 0 Å². The number of rotatable bonds is 8. The van der Waals surface area contributed by atoms with Crippen LogP contribution in [0.5, 0.6) is 11.5 Å². The molecule has 2 amide bonds. The second-order valence-electron chi connectivity index (χ2n) is 7.20. The Bertz CT molecular complexity index is 1450. The van der Waals surface area contributed by atoms with E-state index in [1.807, 2.05) is 24.3 Å². The van der Waals surface area contributed by atoms with Gasteiger partial charge in [0.25, 0.3) is 11.8 Å². The number of hydrazine groups is 1. The predicted molar refractivity (Wildman–Crippen MR) is 147 cm³/mol. The Balaban J connectivity index is 1.26. The van der Waals surface area contributed by atoms with Crippen LogP contribution in [0.3, 0.4) is 0 Å². The number of benzene rings is 2. The first-order valence-corrected chi connectivity index (χ1v) is 13.3. The molecule has 4 aromatic rings. The molecule has 2 N–H and O–H groups in total. The van der Waals surface area contributed by atoms with Gasteiger partial charge in [0.05, 0.1) is 22.2 Å². The number of nitrogens with zero attached hydrogens (tertiary/aromatic N) is 3. The maximum Gasteiger partial charge on any atom is 0.285 e. The van der Waals surface area contributed by atoms with Gasteiger partial charge in [0.2, 0.25) is 5.13 Å². The van der Waals surface area contributed by atoms with Gasteiger partial charge < -0.3 is 9.47 Å². The number of fused-ring (bicyclic) bond motifs is 1. The summed E-state index contributed by atoms with van der Waals surface area (Å²) in [6, 6.07) is 12.9. The molecule has 0 aliphatic carbocycles. The lowest BCUT2D eigenvalue weighted by atomic mass is 10.2. The normalized spacial score (nSPS) is 14.5. The molecule has 0 atom stereocenters. The topological polar surface area (TPSA) is 106 Å². The third-order valence-electron chi connectivity index (χ3n) is 4.82. The Hall–Kier alpha value is -3.52. The van der Waals surface area contributed by atoms with E-state index < -0.39 is 0 Å². The van der Waals surface area contributed by atoms with Crippen molar-refractivity contribution in [2.75, 3.05) is 24.5 Å². The first-order valence-electron chi connectivity index (χ1n) is 10.4. The number of thiazole rings is 2. The van der Waals surface area contributed by atoms with E-state index in [2.05, 4.69) is 20.7 Å². The molecule has 9 nitrogen and oxygen atoms in total. The van der Waals surface area contributed by atoms with E-state index in [1.165, 1.54) is 46.6 Å². The number of thioether (sulfide) groups is 1. The molecule has 1 saturated heterocycles. The molecular weight excluding hydrogens is 539 g/mol. The lowest BCUT2D eigenvalue weighted by Gasteiger charge is -2.14. The van der Waals surface area contributed by atoms with Crippen molar-refractivity contribution in [2.45, 2.75) is 0 Å². The van der Waals surface area contributed by atoms with Crippen LogP contribution in [0.1, 0.15) is 5.56 Å². The maximum atomic E-state index is 13.0. The molecule has 36 heavy (non-hydrogen) atoms. The van der Waals surface area contributed by atoms with Gasteiger partial charge in [-0.05, 0) is 48.1 Å². The molecule has 2 aromatic carbocycles. The van der Waals surface area contributed by atoms with Crippen LogP contribution in [-0.4, -0.2) is 44.8 Å². The average Bonchev–Trinajstić information content (AvgIpc) is 3.59. The Kier molecular flexibility index (Phi) is 7.13. The number of ether oxygens (including phenoxy) is 2. The van der Waals surface area contributed by atoms with E-state index in [0.717, 1.165) is 10.2 Å². The van der Waals surface area contributed by atoms with Crippen LogP contribution in [0.4, 0.5) is 10.3 Å². The Morgan fingerprint density at radius 2 is 2.06 bits per heavy atom. The number of hydrogen-bond donors (Lipinski definition) is 2. The van der Waals surface area contributed by atoms with Crippen molar-refractivity contribution in [1.82, 2.24) is 15.0 Å². The third kappa shape index (κ3) is 5.33. The van der Waals surface area contributed by atoms with Crippen LogP contribution in [0.25, 0.3) is 16.3 Å². The summed E-state index contributed by atoms with van der Waals surface area (Å²) in [6.45, 7) is -0.203. The fourth-order valence-electron chi connectivity index (χ4n) is 3.21. The SMILES string of the molecule is COc1cc(/C=C2\SC(=S)N(Nc3nc4ccccc4s3)C2=O)ccc1OCC(=O)Nc1nccs1. The summed E-state index contributed by atoms with van der Waals surface area (Å²) < 4.78 is 12.4.